The maximum atomic E-state index is 12.9. The second-order valence-corrected chi connectivity index (χ2v) is 7.96. The Balaban J connectivity index is 1.25. The molecule has 1 fully saturated rings. The summed E-state index contributed by atoms with van der Waals surface area (Å²) < 4.78 is 2.69. The SMILES string of the molecule is O=C(Cn1ncn2nc(-c3ccccc3)cc2c1=O)N1CCN(Cc2ccccc2)CC1. The summed E-state index contributed by atoms with van der Waals surface area (Å²) in [5.41, 5.74) is 2.97. The molecule has 0 spiro atoms. The third kappa shape index (κ3) is 4.17. The summed E-state index contributed by atoms with van der Waals surface area (Å²) in [6.45, 7) is 3.72. The Labute approximate surface area is 185 Å². The van der Waals surface area contributed by atoms with E-state index in [2.05, 4.69) is 27.2 Å². The van der Waals surface area contributed by atoms with Crippen molar-refractivity contribution in [3.05, 3.63) is 89.0 Å². The first-order valence-electron chi connectivity index (χ1n) is 10.7. The first-order chi connectivity index (χ1) is 15.7. The van der Waals surface area contributed by atoms with E-state index in [1.54, 1.807) is 6.07 Å². The number of nitrogens with zero attached hydrogens (tertiary/aromatic N) is 6. The van der Waals surface area contributed by atoms with Crippen molar-refractivity contribution < 1.29 is 4.79 Å². The van der Waals surface area contributed by atoms with E-state index in [0.717, 1.165) is 25.2 Å². The van der Waals surface area contributed by atoms with Crippen LogP contribution in [0, 0.1) is 0 Å². The van der Waals surface area contributed by atoms with Gasteiger partial charge in [-0.25, -0.2) is 9.20 Å². The molecule has 1 saturated heterocycles. The lowest BCUT2D eigenvalue weighted by Crippen LogP contribution is -2.49. The van der Waals surface area contributed by atoms with Gasteiger partial charge in [-0.15, -0.1) is 0 Å². The van der Waals surface area contributed by atoms with Crippen molar-refractivity contribution >= 4 is 11.4 Å². The van der Waals surface area contributed by atoms with E-state index in [9.17, 15) is 9.59 Å². The summed E-state index contributed by atoms with van der Waals surface area (Å²) in [5, 5.41) is 8.60. The molecule has 5 rings (SSSR count). The van der Waals surface area contributed by atoms with E-state index in [-0.39, 0.29) is 18.0 Å². The van der Waals surface area contributed by atoms with Crippen LogP contribution >= 0.6 is 0 Å². The minimum atomic E-state index is -0.321. The molecule has 0 atom stereocenters. The highest BCUT2D eigenvalue weighted by Crippen LogP contribution is 2.17. The summed E-state index contributed by atoms with van der Waals surface area (Å²) in [7, 11) is 0. The molecule has 0 unspecified atom stereocenters. The van der Waals surface area contributed by atoms with Gasteiger partial charge in [0, 0.05) is 38.3 Å². The highest BCUT2D eigenvalue weighted by atomic mass is 16.2. The van der Waals surface area contributed by atoms with Gasteiger partial charge in [0.1, 0.15) is 18.4 Å². The number of hydrogen-bond acceptors (Lipinski definition) is 5. The number of piperazine rings is 1. The van der Waals surface area contributed by atoms with Gasteiger partial charge in [0.2, 0.25) is 5.91 Å². The zero-order valence-electron chi connectivity index (χ0n) is 17.7. The summed E-state index contributed by atoms with van der Waals surface area (Å²) in [6, 6.07) is 21.7. The molecule has 32 heavy (non-hydrogen) atoms. The maximum Gasteiger partial charge on any atom is 0.293 e. The van der Waals surface area contributed by atoms with Gasteiger partial charge in [-0.1, -0.05) is 60.7 Å². The molecule has 1 amide bonds. The molecular weight excluding hydrogens is 404 g/mol. The Kier molecular flexibility index (Phi) is 5.51. The molecule has 2 aromatic heterocycles. The number of fused-ring (bicyclic) bond motifs is 1. The first-order valence-corrected chi connectivity index (χ1v) is 10.7. The van der Waals surface area contributed by atoms with E-state index >= 15 is 0 Å². The molecule has 1 aliphatic rings. The standard InChI is InChI=1S/C24H24N6O2/c31-23(28-13-11-27(12-14-28)16-19-7-3-1-4-8-19)17-29-24(32)22-15-21(26-30(22)18-25-29)20-9-5-2-6-10-20/h1-10,15,18H,11-14,16-17H2. The molecule has 8 nitrogen and oxygen atoms in total. The largest absolute Gasteiger partial charge is 0.339 e. The normalized spacial score (nSPS) is 14.7. The van der Waals surface area contributed by atoms with Crippen molar-refractivity contribution in [3.63, 3.8) is 0 Å². The van der Waals surface area contributed by atoms with Gasteiger partial charge < -0.3 is 4.90 Å². The Bertz CT molecular complexity index is 1270. The molecule has 0 N–H and O–H groups in total. The number of hydrogen-bond donors (Lipinski definition) is 0. The lowest BCUT2D eigenvalue weighted by molar-refractivity contribution is -0.133. The van der Waals surface area contributed by atoms with Gasteiger partial charge in [0.15, 0.2) is 0 Å². The molecule has 0 radical (unpaired) electrons. The first kappa shape index (κ1) is 20.1. The van der Waals surface area contributed by atoms with Crippen molar-refractivity contribution in [3.8, 4) is 11.3 Å². The molecule has 2 aromatic carbocycles. The molecule has 3 heterocycles. The van der Waals surface area contributed by atoms with Gasteiger partial charge in [-0.3, -0.25) is 14.5 Å². The predicted molar refractivity (Wildman–Crippen MR) is 121 cm³/mol. The highest BCUT2D eigenvalue weighted by Gasteiger charge is 2.22. The van der Waals surface area contributed by atoms with E-state index < -0.39 is 0 Å². The average Bonchev–Trinajstić information content (AvgIpc) is 3.28. The van der Waals surface area contributed by atoms with Crippen LogP contribution in [0.25, 0.3) is 16.8 Å². The lowest BCUT2D eigenvalue weighted by Gasteiger charge is -2.34. The van der Waals surface area contributed by atoms with Crippen molar-refractivity contribution in [1.29, 1.82) is 0 Å². The lowest BCUT2D eigenvalue weighted by atomic mass is 10.1. The number of aromatic nitrogens is 4. The predicted octanol–water partition coefficient (Wildman–Crippen LogP) is 1.90. The summed E-state index contributed by atoms with van der Waals surface area (Å²) in [6.07, 6.45) is 1.48. The second kappa shape index (κ2) is 8.76. The van der Waals surface area contributed by atoms with Crippen LogP contribution in [0.2, 0.25) is 0 Å². The molecular formula is C24H24N6O2. The molecule has 1 aliphatic heterocycles. The third-order valence-electron chi connectivity index (χ3n) is 5.82. The van der Waals surface area contributed by atoms with E-state index in [0.29, 0.717) is 24.3 Å². The van der Waals surface area contributed by atoms with Crippen LogP contribution in [0.5, 0.6) is 0 Å². The van der Waals surface area contributed by atoms with Gasteiger partial charge in [0.25, 0.3) is 5.56 Å². The molecule has 4 aromatic rings. The van der Waals surface area contributed by atoms with E-state index in [1.807, 2.05) is 53.4 Å². The van der Waals surface area contributed by atoms with Crippen LogP contribution in [0.3, 0.4) is 0 Å². The number of amides is 1. The fourth-order valence-corrected chi connectivity index (χ4v) is 4.03. The minimum Gasteiger partial charge on any atom is -0.339 e. The number of benzene rings is 2. The van der Waals surface area contributed by atoms with Crippen LogP contribution in [0.4, 0.5) is 0 Å². The number of carbonyl (C=O) groups excluding carboxylic acids is 1. The summed E-state index contributed by atoms with van der Waals surface area (Å²) in [4.78, 5) is 29.9. The van der Waals surface area contributed by atoms with E-state index in [1.165, 1.54) is 21.1 Å². The Morgan fingerprint density at radius 3 is 2.31 bits per heavy atom. The van der Waals surface area contributed by atoms with Crippen LogP contribution in [-0.4, -0.2) is 61.3 Å². The fraction of sp³-hybridized carbons (Fsp3) is 0.250. The Morgan fingerprint density at radius 1 is 0.906 bits per heavy atom. The van der Waals surface area contributed by atoms with Crippen molar-refractivity contribution in [2.75, 3.05) is 26.2 Å². The minimum absolute atomic E-state index is 0.0696. The molecule has 162 valence electrons. The number of carbonyl (C=O) groups is 1. The van der Waals surface area contributed by atoms with Crippen molar-refractivity contribution in [2.45, 2.75) is 13.1 Å². The van der Waals surface area contributed by atoms with Gasteiger partial charge in [-0.2, -0.15) is 10.2 Å². The highest BCUT2D eigenvalue weighted by molar-refractivity contribution is 5.76. The molecule has 8 heteroatoms. The smallest absolute Gasteiger partial charge is 0.293 e. The Hall–Kier alpha value is -3.78. The molecule has 0 saturated carbocycles. The second-order valence-electron chi connectivity index (χ2n) is 7.96. The number of rotatable bonds is 5. The maximum absolute atomic E-state index is 12.9. The van der Waals surface area contributed by atoms with Crippen LogP contribution in [-0.2, 0) is 17.9 Å². The van der Waals surface area contributed by atoms with Crippen LogP contribution in [0.15, 0.2) is 77.9 Å². The van der Waals surface area contributed by atoms with Gasteiger partial charge in [-0.05, 0) is 11.6 Å². The zero-order valence-corrected chi connectivity index (χ0v) is 17.7. The Morgan fingerprint density at radius 2 is 1.59 bits per heavy atom. The fourth-order valence-electron chi connectivity index (χ4n) is 4.03. The van der Waals surface area contributed by atoms with Gasteiger partial charge in [0.05, 0.1) is 5.69 Å². The molecule has 0 aliphatic carbocycles. The van der Waals surface area contributed by atoms with Crippen LogP contribution in [0.1, 0.15) is 5.56 Å². The topological polar surface area (TPSA) is 75.7 Å². The van der Waals surface area contributed by atoms with Crippen molar-refractivity contribution in [1.82, 2.24) is 29.2 Å². The van der Waals surface area contributed by atoms with Crippen molar-refractivity contribution in [2.24, 2.45) is 0 Å². The summed E-state index contributed by atoms with van der Waals surface area (Å²) >= 11 is 0. The van der Waals surface area contributed by atoms with Gasteiger partial charge >= 0.3 is 0 Å². The zero-order chi connectivity index (χ0) is 21.9. The quantitative estimate of drug-likeness (QED) is 0.485. The van der Waals surface area contributed by atoms with E-state index in [4.69, 9.17) is 0 Å². The third-order valence-corrected chi connectivity index (χ3v) is 5.82. The summed E-state index contributed by atoms with van der Waals surface area (Å²) in [5.74, 6) is -0.0916. The van der Waals surface area contributed by atoms with Crippen LogP contribution < -0.4 is 5.56 Å². The average molecular weight is 428 g/mol. The molecule has 0 bridgehead atoms. The monoisotopic (exact) mass is 428 g/mol.